The van der Waals surface area contributed by atoms with Gasteiger partial charge in [-0.05, 0) is 43.0 Å². The van der Waals surface area contributed by atoms with Gasteiger partial charge in [0.05, 0.1) is 31.0 Å². The molecular weight excluding hydrogens is 396 g/mol. The van der Waals surface area contributed by atoms with Crippen molar-refractivity contribution in [3.05, 3.63) is 53.6 Å². The van der Waals surface area contributed by atoms with Gasteiger partial charge in [0.2, 0.25) is 5.91 Å². The van der Waals surface area contributed by atoms with E-state index in [2.05, 4.69) is 5.32 Å². The number of nitrogens with zero attached hydrogens (tertiary/aromatic N) is 1. The average molecular weight is 422 g/mol. The van der Waals surface area contributed by atoms with Gasteiger partial charge in [-0.15, -0.1) is 0 Å². The minimum Gasteiger partial charge on any atom is -0.497 e. The van der Waals surface area contributed by atoms with Crippen molar-refractivity contribution in [3.63, 3.8) is 0 Å². The highest BCUT2D eigenvalue weighted by Gasteiger charge is 2.40. The Morgan fingerprint density at radius 2 is 1.68 bits per heavy atom. The van der Waals surface area contributed by atoms with E-state index < -0.39 is 0 Å². The molecule has 0 saturated heterocycles. The zero-order chi connectivity index (χ0) is 22.0. The second kappa shape index (κ2) is 8.79. The van der Waals surface area contributed by atoms with Crippen LogP contribution in [-0.4, -0.2) is 43.4 Å². The van der Waals surface area contributed by atoms with Crippen LogP contribution in [0.25, 0.3) is 0 Å². The van der Waals surface area contributed by atoms with Crippen molar-refractivity contribution in [1.29, 1.82) is 0 Å². The molecule has 1 fully saturated rings. The monoisotopic (exact) mass is 422 g/mol. The van der Waals surface area contributed by atoms with Gasteiger partial charge in [-0.1, -0.05) is 25.0 Å². The molecule has 1 N–H and O–H groups in total. The van der Waals surface area contributed by atoms with Crippen LogP contribution in [0.5, 0.6) is 11.5 Å². The van der Waals surface area contributed by atoms with Gasteiger partial charge in [0.15, 0.2) is 0 Å². The molecule has 1 aliphatic carbocycles. The molecule has 2 unspecified atom stereocenters. The SMILES string of the molecule is COc1ccc(OC)c(NC(=O)C2CCCCC2CN2C(=O)c3ccccc3C2=O)c1. The van der Waals surface area contributed by atoms with Crippen LogP contribution in [0.15, 0.2) is 42.5 Å². The fourth-order valence-corrected chi connectivity index (χ4v) is 4.55. The lowest BCUT2D eigenvalue weighted by molar-refractivity contribution is -0.122. The number of carbonyl (C=O) groups excluding carboxylic acids is 3. The first-order valence-electron chi connectivity index (χ1n) is 10.5. The number of anilines is 1. The van der Waals surface area contributed by atoms with E-state index in [4.69, 9.17) is 9.47 Å². The summed E-state index contributed by atoms with van der Waals surface area (Å²) < 4.78 is 10.6. The second-order valence-corrected chi connectivity index (χ2v) is 7.97. The molecule has 1 saturated carbocycles. The van der Waals surface area contributed by atoms with E-state index in [-0.39, 0.29) is 36.1 Å². The maximum atomic E-state index is 13.2. The summed E-state index contributed by atoms with van der Waals surface area (Å²) in [5, 5.41) is 2.97. The number of amides is 3. The van der Waals surface area contributed by atoms with Gasteiger partial charge in [-0.2, -0.15) is 0 Å². The minimum atomic E-state index is -0.297. The molecule has 0 bridgehead atoms. The van der Waals surface area contributed by atoms with Crippen molar-refractivity contribution < 1.29 is 23.9 Å². The van der Waals surface area contributed by atoms with E-state index in [1.807, 2.05) is 0 Å². The molecule has 0 radical (unpaired) electrons. The molecule has 7 nitrogen and oxygen atoms in total. The summed E-state index contributed by atoms with van der Waals surface area (Å²) >= 11 is 0. The smallest absolute Gasteiger partial charge is 0.261 e. The fraction of sp³-hybridized carbons (Fsp3) is 0.375. The van der Waals surface area contributed by atoms with Gasteiger partial charge >= 0.3 is 0 Å². The first-order chi connectivity index (χ1) is 15.0. The van der Waals surface area contributed by atoms with Crippen molar-refractivity contribution >= 4 is 23.4 Å². The van der Waals surface area contributed by atoms with Crippen LogP contribution in [0.3, 0.4) is 0 Å². The lowest BCUT2D eigenvalue weighted by atomic mass is 9.78. The molecule has 2 aromatic carbocycles. The zero-order valence-electron chi connectivity index (χ0n) is 17.7. The van der Waals surface area contributed by atoms with Crippen molar-refractivity contribution in [3.8, 4) is 11.5 Å². The third kappa shape index (κ3) is 4.00. The van der Waals surface area contributed by atoms with Crippen LogP contribution in [0.1, 0.15) is 46.4 Å². The minimum absolute atomic E-state index is 0.0902. The number of benzene rings is 2. The van der Waals surface area contributed by atoms with E-state index in [9.17, 15) is 14.4 Å². The largest absolute Gasteiger partial charge is 0.497 e. The van der Waals surface area contributed by atoms with Gasteiger partial charge in [-0.3, -0.25) is 19.3 Å². The Kier molecular flexibility index (Phi) is 5.93. The van der Waals surface area contributed by atoms with Crippen molar-refractivity contribution in [2.75, 3.05) is 26.1 Å². The Morgan fingerprint density at radius 3 is 2.32 bits per heavy atom. The molecule has 2 atom stereocenters. The number of carbonyl (C=O) groups is 3. The summed E-state index contributed by atoms with van der Waals surface area (Å²) in [6, 6.07) is 12.1. The number of hydrogen-bond acceptors (Lipinski definition) is 5. The number of ether oxygens (including phenoxy) is 2. The summed E-state index contributed by atoms with van der Waals surface area (Å²) in [4.78, 5) is 40.1. The number of nitrogens with one attached hydrogen (secondary N) is 1. The predicted molar refractivity (Wildman–Crippen MR) is 115 cm³/mol. The molecule has 0 aromatic heterocycles. The third-order valence-electron chi connectivity index (χ3n) is 6.21. The molecule has 162 valence electrons. The molecule has 2 aliphatic rings. The van der Waals surface area contributed by atoms with Crippen LogP contribution in [0.2, 0.25) is 0 Å². The number of rotatable bonds is 6. The lowest BCUT2D eigenvalue weighted by Crippen LogP contribution is -2.41. The highest BCUT2D eigenvalue weighted by atomic mass is 16.5. The van der Waals surface area contributed by atoms with Gasteiger partial charge in [0.25, 0.3) is 11.8 Å². The lowest BCUT2D eigenvalue weighted by Gasteiger charge is -2.33. The van der Waals surface area contributed by atoms with E-state index in [1.165, 1.54) is 4.90 Å². The zero-order valence-corrected chi connectivity index (χ0v) is 17.7. The number of hydrogen-bond donors (Lipinski definition) is 1. The second-order valence-electron chi connectivity index (χ2n) is 7.97. The normalized spacial score (nSPS) is 20.4. The van der Waals surface area contributed by atoms with Crippen molar-refractivity contribution in [2.45, 2.75) is 25.7 Å². The van der Waals surface area contributed by atoms with Gasteiger partial charge in [-0.25, -0.2) is 0 Å². The Labute approximate surface area is 181 Å². The molecule has 7 heteroatoms. The maximum Gasteiger partial charge on any atom is 0.261 e. The maximum absolute atomic E-state index is 13.2. The Balaban J connectivity index is 1.51. The molecule has 3 amide bonds. The fourth-order valence-electron chi connectivity index (χ4n) is 4.55. The highest BCUT2D eigenvalue weighted by molar-refractivity contribution is 6.21. The summed E-state index contributed by atoms with van der Waals surface area (Å²) in [6.07, 6.45) is 3.42. The van der Waals surface area contributed by atoms with Crippen LogP contribution in [-0.2, 0) is 4.79 Å². The van der Waals surface area contributed by atoms with Gasteiger partial charge < -0.3 is 14.8 Å². The van der Waals surface area contributed by atoms with E-state index in [1.54, 1.807) is 56.7 Å². The molecule has 4 rings (SSSR count). The van der Waals surface area contributed by atoms with E-state index in [0.29, 0.717) is 34.7 Å². The highest BCUT2D eigenvalue weighted by Crippen LogP contribution is 2.35. The Morgan fingerprint density at radius 1 is 1.00 bits per heavy atom. The third-order valence-corrected chi connectivity index (χ3v) is 6.21. The van der Waals surface area contributed by atoms with Crippen molar-refractivity contribution in [2.24, 2.45) is 11.8 Å². The molecule has 1 heterocycles. The number of methoxy groups -OCH3 is 2. The molecule has 0 spiro atoms. The topological polar surface area (TPSA) is 84.9 Å². The summed E-state index contributed by atoms with van der Waals surface area (Å²) in [5.74, 6) is 0.0816. The standard InChI is InChI=1S/C24H26N2O5/c1-30-16-11-12-21(31-2)20(13-16)25-22(27)17-8-4-3-7-15(17)14-26-23(28)18-9-5-6-10-19(18)24(26)29/h5-6,9-13,15,17H,3-4,7-8,14H2,1-2H3,(H,25,27). The Bertz CT molecular complexity index is 984. The number of imide groups is 1. The van der Waals surface area contributed by atoms with Crippen molar-refractivity contribution in [1.82, 2.24) is 4.90 Å². The predicted octanol–water partition coefficient (Wildman–Crippen LogP) is 3.74. The quantitative estimate of drug-likeness (QED) is 0.717. The van der Waals surface area contributed by atoms with Crippen LogP contribution in [0.4, 0.5) is 5.69 Å². The molecule has 2 aromatic rings. The average Bonchev–Trinajstić information content (AvgIpc) is 3.04. The van der Waals surface area contributed by atoms with Gasteiger partial charge in [0.1, 0.15) is 11.5 Å². The van der Waals surface area contributed by atoms with Crippen LogP contribution < -0.4 is 14.8 Å². The summed E-state index contributed by atoms with van der Waals surface area (Å²) in [5.41, 5.74) is 1.41. The first-order valence-corrected chi connectivity index (χ1v) is 10.5. The van der Waals surface area contributed by atoms with Gasteiger partial charge in [0, 0.05) is 18.5 Å². The summed E-state index contributed by atoms with van der Waals surface area (Å²) in [6.45, 7) is 0.250. The van der Waals surface area contributed by atoms with E-state index in [0.717, 1.165) is 19.3 Å². The van der Waals surface area contributed by atoms with Crippen LogP contribution >= 0.6 is 0 Å². The molecule has 1 aliphatic heterocycles. The summed E-state index contributed by atoms with van der Waals surface area (Å²) in [7, 11) is 3.11. The van der Waals surface area contributed by atoms with E-state index >= 15 is 0 Å². The molecular formula is C24H26N2O5. The molecule has 31 heavy (non-hydrogen) atoms. The number of fused-ring (bicyclic) bond motifs is 1. The van der Waals surface area contributed by atoms with Crippen LogP contribution in [0, 0.1) is 11.8 Å². The first kappa shape index (κ1) is 20.9. The Hall–Kier alpha value is -3.35.